The van der Waals surface area contributed by atoms with Crippen molar-refractivity contribution in [2.75, 3.05) is 18.4 Å². The number of amides is 1. The lowest BCUT2D eigenvalue weighted by atomic mass is 9.99. The second kappa shape index (κ2) is 7.93. The average Bonchev–Trinajstić information content (AvgIpc) is 2.74. The Morgan fingerprint density at radius 3 is 2.72 bits per heavy atom. The number of benzene rings is 2. The van der Waals surface area contributed by atoms with Crippen molar-refractivity contribution >= 4 is 32.5 Å². The molecule has 3 aromatic rings. The maximum atomic E-state index is 13.4. The number of aryl methyl sites for hydroxylation is 1. The number of piperidine rings is 1. The van der Waals surface area contributed by atoms with E-state index >= 15 is 0 Å². The van der Waals surface area contributed by atoms with Crippen LogP contribution in [-0.4, -0.2) is 36.7 Å². The predicted octanol–water partition coefficient (Wildman–Crippen LogP) is 3.58. The van der Waals surface area contributed by atoms with E-state index in [-0.39, 0.29) is 23.3 Å². The maximum Gasteiger partial charge on any atom is 0.245 e. The standard InChI is InChI=1S/C22H23N3O3S/c1-16-13-17-7-5-11-20(21(17)23-14-16)29(27,28)25-12-6-8-18(15-25)22(26)24-19-9-3-2-4-10-19/h2-5,7,9-11,13-14,18H,6,8,12,15H2,1H3,(H,24,26)/t18-/m1/s1. The summed E-state index contributed by atoms with van der Waals surface area (Å²) in [4.78, 5) is 17.2. The minimum atomic E-state index is -3.75. The number of rotatable bonds is 4. The number of hydrogen-bond donors (Lipinski definition) is 1. The van der Waals surface area contributed by atoms with Gasteiger partial charge in [0.2, 0.25) is 15.9 Å². The zero-order valence-electron chi connectivity index (χ0n) is 16.2. The topological polar surface area (TPSA) is 79.4 Å². The second-order valence-electron chi connectivity index (χ2n) is 7.40. The fourth-order valence-electron chi connectivity index (χ4n) is 3.73. The van der Waals surface area contributed by atoms with Crippen LogP contribution in [0.5, 0.6) is 0 Å². The second-order valence-corrected chi connectivity index (χ2v) is 9.30. The molecular weight excluding hydrogens is 386 g/mol. The quantitative estimate of drug-likeness (QED) is 0.714. The molecule has 1 saturated heterocycles. The van der Waals surface area contributed by atoms with E-state index in [1.807, 2.05) is 49.4 Å². The van der Waals surface area contributed by atoms with Gasteiger partial charge in [-0.1, -0.05) is 30.3 Å². The van der Waals surface area contributed by atoms with Gasteiger partial charge in [0.15, 0.2) is 0 Å². The first kappa shape index (κ1) is 19.5. The van der Waals surface area contributed by atoms with Gasteiger partial charge in [-0.15, -0.1) is 0 Å². The van der Waals surface area contributed by atoms with Gasteiger partial charge in [0, 0.05) is 30.4 Å². The van der Waals surface area contributed by atoms with Crippen LogP contribution in [0.2, 0.25) is 0 Å². The number of carbonyl (C=O) groups is 1. The van der Waals surface area contributed by atoms with Crippen LogP contribution < -0.4 is 5.32 Å². The summed E-state index contributed by atoms with van der Waals surface area (Å²) in [5, 5.41) is 3.68. The third-order valence-corrected chi connectivity index (χ3v) is 7.12. The van der Waals surface area contributed by atoms with Crippen molar-refractivity contribution in [1.82, 2.24) is 9.29 Å². The van der Waals surface area contributed by atoms with Gasteiger partial charge in [-0.25, -0.2) is 8.42 Å². The molecule has 1 aliphatic heterocycles. The van der Waals surface area contributed by atoms with E-state index in [4.69, 9.17) is 0 Å². The molecule has 0 aliphatic carbocycles. The van der Waals surface area contributed by atoms with Gasteiger partial charge in [0.05, 0.1) is 11.4 Å². The van der Waals surface area contributed by atoms with Gasteiger partial charge < -0.3 is 5.32 Å². The lowest BCUT2D eigenvalue weighted by Gasteiger charge is -2.31. The Morgan fingerprint density at radius 2 is 1.93 bits per heavy atom. The number of pyridine rings is 1. The fraction of sp³-hybridized carbons (Fsp3) is 0.273. The molecule has 0 bridgehead atoms. The number of carbonyl (C=O) groups excluding carboxylic acids is 1. The number of anilines is 1. The highest BCUT2D eigenvalue weighted by molar-refractivity contribution is 7.89. The number of aromatic nitrogens is 1. The van der Waals surface area contributed by atoms with Gasteiger partial charge in [0.25, 0.3) is 0 Å². The highest BCUT2D eigenvalue weighted by atomic mass is 32.2. The van der Waals surface area contributed by atoms with Crippen LogP contribution in [0.4, 0.5) is 5.69 Å². The first-order valence-corrected chi connectivity index (χ1v) is 11.1. The molecule has 29 heavy (non-hydrogen) atoms. The van der Waals surface area contributed by atoms with E-state index in [1.54, 1.807) is 18.3 Å². The Balaban J connectivity index is 1.58. The Hall–Kier alpha value is -2.77. The summed E-state index contributed by atoms with van der Waals surface area (Å²) in [6.45, 7) is 2.50. The monoisotopic (exact) mass is 409 g/mol. The Labute approximate surface area is 170 Å². The summed E-state index contributed by atoms with van der Waals surface area (Å²) in [6.07, 6.45) is 2.98. The lowest BCUT2D eigenvalue weighted by molar-refractivity contribution is -0.120. The number of nitrogens with zero attached hydrogens (tertiary/aromatic N) is 2. The average molecular weight is 410 g/mol. The summed E-state index contributed by atoms with van der Waals surface area (Å²) >= 11 is 0. The number of fused-ring (bicyclic) bond motifs is 1. The molecule has 1 amide bonds. The van der Waals surface area contributed by atoms with Gasteiger partial charge in [0.1, 0.15) is 4.90 Å². The molecule has 6 nitrogen and oxygen atoms in total. The number of sulfonamides is 1. The molecule has 1 N–H and O–H groups in total. The van der Waals surface area contributed by atoms with Crippen LogP contribution in [-0.2, 0) is 14.8 Å². The normalized spacial score (nSPS) is 17.9. The largest absolute Gasteiger partial charge is 0.326 e. The molecule has 0 radical (unpaired) electrons. The minimum Gasteiger partial charge on any atom is -0.326 e. The fourth-order valence-corrected chi connectivity index (χ4v) is 5.42. The van der Waals surface area contributed by atoms with Gasteiger partial charge in [-0.05, 0) is 49.6 Å². The molecule has 1 fully saturated rings. The predicted molar refractivity (Wildman–Crippen MR) is 113 cm³/mol. The lowest BCUT2D eigenvalue weighted by Crippen LogP contribution is -2.43. The smallest absolute Gasteiger partial charge is 0.245 e. The van der Waals surface area contributed by atoms with Crippen LogP contribution in [0.25, 0.3) is 10.9 Å². The molecule has 1 aromatic heterocycles. The SMILES string of the molecule is Cc1cnc2c(S(=O)(=O)N3CCC[C@@H](C(=O)Nc4ccccc4)C3)cccc2c1. The molecule has 0 saturated carbocycles. The summed E-state index contributed by atoms with van der Waals surface area (Å²) in [5.41, 5.74) is 2.16. The molecular formula is C22H23N3O3S. The van der Waals surface area contributed by atoms with Gasteiger partial charge in [-0.2, -0.15) is 4.31 Å². The molecule has 0 spiro atoms. The zero-order valence-corrected chi connectivity index (χ0v) is 17.0. The van der Waals surface area contributed by atoms with Crippen LogP contribution in [0.15, 0.2) is 65.7 Å². The van der Waals surface area contributed by atoms with Crippen LogP contribution in [0.3, 0.4) is 0 Å². The Kier molecular flexibility index (Phi) is 5.34. The molecule has 4 rings (SSSR count). The first-order chi connectivity index (χ1) is 13.9. The summed E-state index contributed by atoms with van der Waals surface area (Å²) < 4.78 is 28.2. The van der Waals surface area contributed by atoms with Crippen molar-refractivity contribution in [3.05, 3.63) is 66.4 Å². The van der Waals surface area contributed by atoms with Gasteiger partial charge >= 0.3 is 0 Å². The van der Waals surface area contributed by atoms with E-state index in [9.17, 15) is 13.2 Å². The summed E-state index contributed by atoms with van der Waals surface area (Å²) in [5.74, 6) is -0.535. The first-order valence-electron chi connectivity index (χ1n) is 9.66. The molecule has 2 heterocycles. The van der Waals surface area contributed by atoms with E-state index < -0.39 is 10.0 Å². The zero-order chi connectivity index (χ0) is 20.4. The van der Waals surface area contributed by atoms with Crippen LogP contribution >= 0.6 is 0 Å². The van der Waals surface area contributed by atoms with E-state index in [0.717, 1.165) is 10.9 Å². The van der Waals surface area contributed by atoms with Crippen molar-refractivity contribution in [2.24, 2.45) is 5.92 Å². The minimum absolute atomic E-state index is 0.150. The van der Waals surface area contributed by atoms with Crippen molar-refractivity contribution in [3.63, 3.8) is 0 Å². The third kappa shape index (κ3) is 4.02. The molecule has 1 atom stereocenters. The van der Waals surface area contributed by atoms with Gasteiger partial charge in [-0.3, -0.25) is 9.78 Å². The van der Waals surface area contributed by atoms with Crippen molar-refractivity contribution < 1.29 is 13.2 Å². The molecule has 2 aromatic carbocycles. The molecule has 7 heteroatoms. The van der Waals surface area contributed by atoms with Crippen LogP contribution in [0.1, 0.15) is 18.4 Å². The third-order valence-electron chi connectivity index (χ3n) is 5.22. The van der Waals surface area contributed by atoms with Crippen molar-refractivity contribution in [1.29, 1.82) is 0 Å². The highest BCUT2D eigenvalue weighted by Crippen LogP contribution is 2.28. The Bertz CT molecular complexity index is 1150. The summed E-state index contributed by atoms with van der Waals surface area (Å²) in [6, 6.07) is 16.3. The van der Waals surface area contributed by atoms with E-state index in [0.29, 0.717) is 30.6 Å². The van der Waals surface area contributed by atoms with E-state index in [2.05, 4.69) is 10.3 Å². The maximum absolute atomic E-state index is 13.4. The highest BCUT2D eigenvalue weighted by Gasteiger charge is 2.34. The van der Waals surface area contributed by atoms with Crippen LogP contribution in [0, 0.1) is 12.8 Å². The molecule has 1 aliphatic rings. The van der Waals surface area contributed by atoms with Crippen molar-refractivity contribution in [2.45, 2.75) is 24.7 Å². The number of nitrogens with one attached hydrogen (secondary N) is 1. The number of hydrogen-bond acceptors (Lipinski definition) is 4. The molecule has 0 unspecified atom stereocenters. The Morgan fingerprint density at radius 1 is 1.14 bits per heavy atom. The molecule has 150 valence electrons. The van der Waals surface area contributed by atoms with Crippen molar-refractivity contribution in [3.8, 4) is 0 Å². The van der Waals surface area contributed by atoms with E-state index in [1.165, 1.54) is 4.31 Å². The number of para-hydroxylation sites is 2. The summed E-state index contributed by atoms with van der Waals surface area (Å²) in [7, 11) is -3.75.